The predicted octanol–water partition coefficient (Wildman–Crippen LogP) is 3.32. The summed E-state index contributed by atoms with van der Waals surface area (Å²) >= 11 is 5.85. The highest BCUT2D eigenvalue weighted by molar-refractivity contribution is 6.30. The summed E-state index contributed by atoms with van der Waals surface area (Å²) in [6.45, 7) is 1.83. The fourth-order valence-electron chi connectivity index (χ4n) is 3.45. The van der Waals surface area contributed by atoms with E-state index in [2.05, 4.69) is 4.98 Å². The van der Waals surface area contributed by atoms with Crippen molar-refractivity contribution in [3.63, 3.8) is 0 Å². The number of nitrogens with one attached hydrogen (secondary N) is 1. The summed E-state index contributed by atoms with van der Waals surface area (Å²) in [4.78, 5) is 17.3. The van der Waals surface area contributed by atoms with E-state index in [1.54, 1.807) is 12.3 Å². The van der Waals surface area contributed by atoms with Crippen LogP contribution in [0, 0.1) is 11.8 Å². The van der Waals surface area contributed by atoms with Gasteiger partial charge in [0.05, 0.1) is 5.02 Å². The van der Waals surface area contributed by atoms with Crippen molar-refractivity contribution in [1.82, 2.24) is 9.88 Å². The third-order valence-corrected chi connectivity index (χ3v) is 4.67. The van der Waals surface area contributed by atoms with Gasteiger partial charge in [0.1, 0.15) is 5.69 Å². The normalized spacial score (nSPS) is 27.9. The van der Waals surface area contributed by atoms with Crippen molar-refractivity contribution in [2.75, 3.05) is 13.1 Å². The van der Waals surface area contributed by atoms with E-state index in [-0.39, 0.29) is 5.91 Å². The monoisotopic (exact) mass is 266 g/mol. The number of hydrogen-bond donors (Lipinski definition) is 1. The highest BCUT2D eigenvalue weighted by Gasteiger charge is 2.33. The number of carbonyl (C=O) groups excluding carboxylic acids is 1. The van der Waals surface area contributed by atoms with Crippen molar-refractivity contribution in [3.8, 4) is 0 Å². The standard InChI is InChI=1S/C14H19ClN2O/c15-12-7-13(16-8-12)14(18)17-6-5-10-3-1-2-4-11(10)9-17/h7-8,10-11,16H,1-6,9H2. The van der Waals surface area contributed by atoms with E-state index in [0.29, 0.717) is 10.7 Å². The van der Waals surface area contributed by atoms with Crippen molar-refractivity contribution in [2.24, 2.45) is 11.8 Å². The molecule has 1 aromatic heterocycles. The maximum atomic E-state index is 12.3. The molecule has 2 fully saturated rings. The average Bonchev–Trinajstić information content (AvgIpc) is 2.84. The molecule has 4 heteroatoms. The first-order valence-corrected chi connectivity index (χ1v) is 7.25. The number of aromatic nitrogens is 1. The molecule has 1 N–H and O–H groups in total. The second-order valence-electron chi connectivity index (χ2n) is 5.58. The van der Waals surface area contributed by atoms with Crippen LogP contribution in [0.25, 0.3) is 0 Å². The summed E-state index contributed by atoms with van der Waals surface area (Å²) in [6.07, 6.45) is 8.20. The molecule has 1 saturated heterocycles. The molecule has 1 aliphatic heterocycles. The quantitative estimate of drug-likeness (QED) is 0.832. The lowest BCUT2D eigenvalue weighted by Gasteiger charge is -2.41. The molecule has 3 nitrogen and oxygen atoms in total. The lowest BCUT2D eigenvalue weighted by atomic mass is 9.75. The molecule has 1 amide bonds. The van der Waals surface area contributed by atoms with Crippen molar-refractivity contribution < 1.29 is 4.79 Å². The number of fused-ring (bicyclic) bond motifs is 1. The first-order valence-electron chi connectivity index (χ1n) is 6.87. The first kappa shape index (κ1) is 12.1. The van der Waals surface area contributed by atoms with Crippen LogP contribution in [-0.2, 0) is 0 Å². The summed E-state index contributed by atoms with van der Waals surface area (Å²) in [5.41, 5.74) is 0.620. The molecule has 2 unspecified atom stereocenters. The number of rotatable bonds is 1. The van der Waals surface area contributed by atoms with E-state index in [0.717, 1.165) is 24.9 Å². The van der Waals surface area contributed by atoms with Gasteiger partial charge in [-0.2, -0.15) is 0 Å². The number of carbonyl (C=O) groups is 1. The van der Waals surface area contributed by atoms with Crippen molar-refractivity contribution in [2.45, 2.75) is 32.1 Å². The van der Waals surface area contributed by atoms with Crippen LogP contribution >= 0.6 is 11.6 Å². The maximum Gasteiger partial charge on any atom is 0.270 e. The number of nitrogens with zero attached hydrogens (tertiary/aromatic N) is 1. The fourth-order valence-corrected chi connectivity index (χ4v) is 3.61. The highest BCUT2D eigenvalue weighted by Crippen LogP contribution is 2.36. The molecule has 18 heavy (non-hydrogen) atoms. The second kappa shape index (κ2) is 4.96. The van der Waals surface area contributed by atoms with Gasteiger partial charge >= 0.3 is 0 Å². The largest absolute Gasteiger partial charge is 0.356 e. The summed E-state index contributed by atoms with van der Waals surface area (Å²) in [6, 6.07) is 1.72. The highest BCUT2D eigenvalue weighted by atomic mass is 35.5. The minimum absolute atomic E-state index is 0.103. The molecule has 2 atom stereocenters. The Morgan fingerprint density at radius 3 is 2.78 bits per heavy atom. The topological polar surface area (TPSA) is 36.1 Å². The lowest BCUT2D eigenvalue weighted by molar-refractivity contribution is 0.0516. The Balaban J connectivity index is 1.68. The van der Waals surface area contributed by atoms with Crippen LogP contribution in [0.3, 0.4) is 0 Å². The smallest absolute Gasteiger partial charge is 0.270 e. The molecule has 2 heterocycles. The van der Waals surface area contributed by atoms with E-state index in [4.69, 9.17) is 11.6 Å². The van der Waals surface area contributed by atoms with Gasteiger partial charge in [-0.3, -0.25) is 4.79 Å². The molecule has 3 rings (SSSR count). The Morgan fingerprint density at radius 2 is 2.06 bits per heavy atom. The van der Waals surface area contributed by atoms with Gasteiger partial charge in [-0.25, -0.2) is 0 Å². The van der Waals surface area contributed by atoms with Gasteiger partial charge in [0, 0.05) is 19.3 Å². The second-order valence-corrected chi connectivity index (χ2v) is 6.01. The van der Waals surface area contributed by atoms with Crippen LogP contribution < -0.4 is 0 Å². The zero-order valence-corrected chi connectivity index (χ0v) is 11.2. The Labute approximate surface area is 113 Å². The van der Waals surface area contributed by atoms with Gasteiger partial charge in [-0.1, -0.05) is 30.9 Å². The van der Waals surface area contributed by atoms with Gasteiger partial charge in [-0.05, 0) is 30.7 Å². The summed E-state index contributed by atoms with van der Waals surface area (Å²) in [7, 11) is 0. The Bertz CT molecular complexity index is 443. The lowest BCUT2D eigenvalue weighted by Crippen LogP contribution is -2.44. The summed E-state index contributed by atoms with van der Waals surface area (Å²) < 4.78 is 0. The molecule has 98 valence electrons. The molecule has 2 aliphatic rings. The first-order chi connectivity index (χ1) is 8.74. The van der Waals surface area contributed by atoms with Crippen molar-refractivity contribution >= 4 is 17.5 Å². The predicted molar refractivity (Wildman–Crippen MR) is 71.8 cm³/mol. The fraction of sp³-hybridized carbons (Fsp3) is 0.643. The zero-order chi connectivity index (χ0) is 12.5. The molecule has 0 bridgehead atoms. The Morgan fingerprint density at radius 1 is 1.28 bits per heavy atom. The van der Waals surface area contributed by atoms with E-state index in [9.17, 15) is 4.79 Å². The number of halogens is 1. The van der Waals surface area contributed by atoms with Crippen LogP contribution in [0.2, 0.25) is 5.02 Å². The van der Waals surface area contributed by atoms with Gasteiger partial charge < -0.3 is 9.88 Å². The van der Waals surface area contributed by atoms with E-state index < -0.39 is 0 Å². The summed E-state index contributed by atoms with van der Waals surface area (Å²) in [5.74, 6) is 1.68. The van der Waals surface area contributed by atoms with Gasteiger partial charge in [0.25, 0.3) is 5.91 Å². The minimum Gasteiger partial charge on any atom is -0.356 e. The van der Waals surface area contributed by atoms with Crippen LogP contribution in [0.15, 0.2) is 12.3 Å². The Hall–Kier alpha value is -0.960. The number of H-pyrrole nitrogens is 1. The number of hydrogen-bond acceptors (Lipinski definition) is 1. The molecule has 0 radical (unpaired) electrons. The minimum atomic E-state index is 0.103. The molecular weight excluding hydrogens is 248 g/mol. The van der Waals surface area contributed by atoms with Crippen LogP contribution in [-0.4, -0.2) is 28.9 Å². The molecular formula is C14H19ClN2O. The number of piperidine rings is 1. The number of aromatic amines is 1. The van der Waals surface area contributed by atoms with Gasteiger partial charge in [0.15, 0.2) is 0 Å². The SMILES string of the molecule is O=C(c1cc(Cl)c[nH]1)N1CCC2CCCCC2C1. The molecule has 1 saturated carbocycles. The van der Waals surface area contributed by atoms with Crippen LogP contribution in [0.1, 0.15) is 42.6 Å². The Kier molecular flexibility index (Phi) is 3.33. The van der Waals surface area contributed by atoms with E-state index in [1.165, 1.54) is 32.1 Å². The van der Waals surface area contributed by atoms with Gasteiger partial charge in [-0.15, -0.1) is 0 Å². The molecule has 0 aromatic carbocycles. The van der Waals surface area contributed by atoms with Crippen molar-refractivity contribution in [3.05, 3.63) is 23.0 Å². The summed E-state index contributed by atoms with van der Waals surface area (Å²) in [5, 5.41) is 0.603. The van der Waals surface area contributed by atoms with E-state index in [1.807, 2.05) is 4.90 Å². The average molecular weight is 267 g/mol. The maximum absolute atomic E-state index is 12.3. The van der Waals surface area contributed by atoms with E-state index >= 15 is 0 Å². The van der Waals surface area contributed by atoms with Crippen LogP contribution in [0.4, 0.5) is 0 Å². The number of amides is 1. The third-order valence-electron chi connectivity index (χ3n) is 4.46. The third kappa shape index (κ3) is 2.28. The van der Waals surface area contributed by atoms with Crippen LogP contribution in [0.5, 0.6) is 0 Å². The zero-order valence-electron chi connectivity index (χ0n) is 10.5. The molecule has 1 aromatic rings. The number of likely N-dealkylation sites (tertiary alicyclic amines) is 1. The van der Waals surface area contributed by atoms with Crippen molar-refractivity contribution in [1.29, 1.82) is 0 Å². The molecule has 1 aliphatic carbocycles. The molecule has 0 spiro atoms. The van der Waals surface area contributed by atoms with Gasteiger partial charge in [0.2, 0.25) is 0 Å².